The summed E-state index contributed by atoms with van der Waals surface area (Å²) in [4.78, 5) is 12.4. The molecule has 1 aromatic rings. The average Bonchev–Trinajstić information content (AvgIpc) is 2.46. The van der Waals surface area contributed by atoms with Crippen LogP contribution in [0.25, 0.3) is 0 Å². The van der Waals surface area contributed by atoms with Gasteiger partial charge < -0.3 is 20.1 Å². The van der Waals surface area contributed by atoms with Crippen molar-refractivity contribution in [3.05, 3.63) is 23.8 Å². The third kappa shape index (κ3) is 3.22. The van der Waals surface area contributed by atoms with Crippen molar-refractivity contribution in [2.75, 3.05) is 32.2 Å². The molecular formula is C15H22N2O3. The van der Waals surface area contributed by atoms with Crippen LogP contribution < -0.4 is 15.4 Å². The van der Waals surface area contributed by atoms with E-state index in [2.05, 4.69) is 24.5 Å². The first-order chi connectivity index (χ1) is 9.63. The Labute approximate surface area is 119 Å². The smallest absolute Gasteiger partial charge is 0.255 e. The van der Waals surface area contributed by atoms with Crippen LogP contribution in [0.2, 0.25) is 0 Å². The van der Waals surface area contributed by atoms with Gasteiger partial charge in [-0.25, -0.2) is 0 Å². The maximum atomic E-state index is 12.4. The fraction of sp³-hybridized carbons (Fsp3) is 0.533. The van der Waals surface area contributed by atoms with E-state index in [9.17, 15) is 4.79 Å². The van der Waals surface area contributed by atoms with Crippen LogP contribution in [0.1, 0.15) is 24.2 Å². The molecule has 0 fully saturated rings. The van der Waals surface area contributed by atoms with Gasteiger partial charge in [0.1, 0.15) is 6.61 Å². The summed E-state index contributed by atoms with van der Waals surface area (Å²) < 4.78 is 10.8. The topological polar surface area (TPSA) is 59.6 Å². The van der Waals surface area contributed by atoms with Gasteiger partial charge >= 0.3 is 0 Å². The first-order valence-corrected chi connectivity index (χ1v) is 6.93. The fourth-order valence-electron chi connectivity index (χ4n) is 2.18. The van der Waals surface area contributed by atoms with E-state index in [4.69, 9.17) is 9.47 Å². The molecule has 1 aliphatic heterocycles. The Balaban J connectivity index is 2.16. The van der Waals surface area contributed by atoms with Gasteiger partial charge in [-0.15, -0.1) is 0 Å². The van der Waals surface area contributed by atoms with Crippen molar-refractivity contribution in [2.45, 2.75) is 19.9 Å². The molecule has 2 N–H and O–H groups in total. The van der Waals surface area contributed by atoms with Crippen LogP contribution in [0, 0.1) is 5.92 Å². The van der Waals surface area contributed by atoms with Crippen molar-refractivity contribution in [3.63, 3.8) is 0 Å². The summed E-state index contributed by atoms with van der Waals surface area (Å²) in [5.74, 6) is 0.815. The second kappa shape index (κ2) is 6.61. The van der Waals surface area contributed by atoms with Crippen molar-refractivity contribution in [1.29, 1.82) is 0 Å². The Morgan fingerprint density at radius 1 is 1.50 bits per heavy atom. The summed E-state index contributed by atoms with van der Waals surface area (Å²) >= 11 is 0. The van der Waals surface area contributed by atoms with E-state index in [1.54, 1.807) is 13.2 Å². The van der Waals surface area contributed by atoms with Crippen molar-refractivity contribution in [1.82, 2.24) is 5.32 Å². The lowest BCUT2D eigenvalue weighted by Gasteiger charge is -2.24. The SMILES string of the molecule is COCC(NC(=O)c1cccc2c1OCCN2)C(C)C. The maximum absolute atomic E-state index is 12.4. The van der Waals surface area contributed by atoms with Gasteiger partial charge in [-0.05, 0) is 18.1 Å². The molecule has 0 spiro atoms. The van der Waals surface area contributed by atoms with E-state index in [1.165, 1.54) is 0 Å². The summed E-state index contributed by atoms with van der Waals surface area (Å²) in [6.07, 6.45) is 0. The maximum Gasteiger partial charge on any atom is 0.255 e. The molecule has 0 aliphatic carbocycles. The number of carbonyl (C=O) groups excluding carboxylic acids is 1. The third-order valence-electron chi connectivity index (χ3n) is 3.39. The van der Waals surface area contributed by atoms with Gasteiger partial charge in [0.05, 0.1) is 23.9 Å². The molecule has 2 rings (SSSR count). The van der Waals surface area contributed by atoms with Gasteiger partial charge in [-0.1, -0.05) is 19.9 Å². The van der Waals surface area contributed by atoms with Gasteiger partial charge in [-0.3, -0.25) is 4.79 Å². The number of para-hydroxylation sites is 1. The van der Waals surface area contributed by atoms with Crippen LogP contribution >= 0.6 is 0 Å². The highest BCUT2D eigenvalue weighted by Gasteiger charge is 2.22. The van der Waals surface area contributed by atoms with Gasteiger partial charge in [0.15, 0.2) is 5.75 Å². The van der Waals surface area contributed by atoms with E-state index in [0.29, 0.717) is 30.4 Å². The van der Waals surface area contributed by atoms with E-state index in [-0.39, 0.29) is 11.9 Å². The second-order valence-corrected chi connectivity index (χ2v) is 5.24. The lowest BCUT2D eigenvalue weighted by Crippen LogP contribution is -2.42. The minimum absolute atomic E-state index is 0.0140. The molecule has 1 heterocycles. The molecule has 1 amide bonds. The molecular weight excluding hydrogens is 256 g/mol. The highest BCUT2D eigenvalue weighted by Crippen LogP contribution is 2.31. The number of carbonyl (C=O) groups is 1. The number of rotatable bonds is 5. The zero-order valence-corrected chi connectivity index (χ0v) is 12.2. The Kier molecular flexibility index (Phi) is 4.84. The molecule has 0 bridgehead atoms. The number of nitrogens with one attached hydrogen (secondary N) is 2. The molecule has 1 aliphatic rings. The number of fused-ring (bicyclic) bond motifs is 1. The average molecular weight is 278 g/mol. The van der Waals surface area contributed by atoms with E-state index >= 15 is 0 Å². The Bertz CT molecular complexity index is 474. The number of benzene rings is 1. The van der Waals surface area contributed by atoms with Crippen molar-refractivity contribution in [2.24, 2.45) is 5.92 Å². The van der Waals surface area contributed by atoms with Crippen LogP contribution in [-0.4, -0.2) is 38.8 Å². The second-order valence-electron chi connectivity index (χ2n) is 5.24. The largest absolute Gasteiger partial charge is 0.489 e. The molecule has 1 aromatic carbocycles. The quantitative estimate of drug-likeness (QED) is 0.863. The first kappa shape index (κ1) is 14.7. The summed E-state index contributed by atoms with van der Waals surface area (Å²) in [5, 5.41) is 6.24. The number of hydrogen-bond acceptors (Lipinski definition) is 4. The summed E-state index contributed by atoms with van der Waals surface area (Å²) in [6.45, 7) is 5.95. The molecule has 5 heteroatoms. The standard InChI is InChI=1S/C15H22N2O3/c1-10(2)13(9-19-3)17-15(18)11-5-4-6-12-14(11)20-8-7-16-12/h4-6,10,13,16H,7-9H2,1-3H3,(H,17,18). The van der Waals surface area contributed by atoms with Crippen LogP contribution in [0.4, 0.5) is 5.69 Å². The minimum atomic E-state index is -0.124. The number of ether oxygens (including phenoxy) is 2. The number of methoxy groups -OCH3 is 1. The third-order valence-corrected chi connectivity index (χ3v) is 3.39. The molecule has 1 unspecified atom stereocenters. The predicted octanol–water partition coefficient (Wildman–Crippen LogP) is 1.89. The van der Waals surface area contributed by atoms with Crippen LogP contribution in [0.15, 0.2) is 18.2 Å². The minimum Gasteiger partial charge on any atom is -0.489 e. The van der Waals surface area contributed by atoms with Crippen molar-refractivity contribution >= 4 is 11.6 Å². The van der Waals surface area contributed by atoms with Crippen LogP contribution in [-0.2, 0) is 4.74 Å². The van der Waals surface area contributed by atoms with Crippen LogP contribution in [0.5, 0.6) is 5.75 Å². The zero-order valence-electron chi connectivity index (χ0n) is 12.2. The Morgan fingerprint density at radius 3 is 3.00 bits per heavy atom. The number of amides is 1. The van der Waals surface area contributed by atoms with Crippen LogP contribution in [0.3, 0.4) is 0 Å². The lowest BCUT2D eigenvalue weighted by molar-refractivity contribution is 0.0862. The van der Waals surface area contributed by atoms with E-state index in [1.807, 2.05) is 12.1 Å². The van der Waals surface area contributed by atoms with Gasteiger partial charge in [0, 0.05) is 13.7 Å². The lowest BCUT2D eigenvalue weighted by atomic mass is 10.0. The molecule has 1 atom stereocenters. The summed E-state index contributed by atoms with van der Waals surface area (Å²) in [6, 6.07) is 5.54. The molecule has 0 saturated heterocycles. The normalized spacial score (nSPS) is 15.0. The number of hydrogen-bond donors (Lipinski definition) is 2. The van der Waals surface area contributed by atoms with Gasteiger partial charge in [0.2, 0.25) is 0 Å². The van der Waals surface area contributed by atoms with Crippen molar-refractivity contribution < 1.29 is 14.3 Å². The Hall–Kier alpha value is -1.75. The fourth-order valence-corrected chi connectivity index (χ4v) is 2.18. The molecule has 0 radical (unpaired) electrons. The van der Waals surface area contributed by atoms with E-state index < -0.39 is 0 Å². The Morgan fingerprint density at radius 2 is 2.30 bits per heavy atom. The zero-order chi connectivity index (χ0) is 14.5. The summed E-state index contributed by atoms with van der Waals surface area (Å²) in [7, 11) is 1.64. The van der Waals surface area contributed by atoms with Gasteiger partial charge in [0.25, 0.3) is 5.91 Å². The summed E-state index contributed by atoms with van der Waals surface area (Å²) in [5.41, 5.74) is 1.44. The van der Waals surface area contributed by atoms with E-state index in [0.717, 1.165) is 12.2 Å². The highest BCUT2D eigenvalue weighted by atomic mass is 16.5. The molecule has 0 saturated carbocycles. The molecule has 5 nitrogen and oxygen atoms in total. The molecule has 0 aromatic heterocycles. The first-order valence-electron chi connectivity index (χ1n) is 6.93. The molecule has 20 heavy (non-hydrogen) atoms. The monoisotopic (exact) mass is 278 g/mol. The number of anilines is 1. The predicted molar refractivity (Wildman–Crippen MR) is 78.4 cm³/mol. The van der Waals surface area contributed by atoms with Crippen molar-refractivity contribution in [3.8, 4) is 5.75 Å². The van der Waals surface area contributed by atoms with Gasteiger partial charge in [-0.2, -0.15) is 0 Å². The molecule has 110 valence electrons. The highest BCUT2D eigenvalue weighted by molar-refractivity contribution is 5.99.